The summed E-state index contributed by atoms with van der Waals surface area (Å²) in [7, 11) is -1.37. The summed E-state index contributed by atoms with van der Waals surface area (Å²) in [4.78, 5) is 0. The van der Waals surface area contributed by atoms with Gasteiger partial charge in [-0.15, -0.1) is 0 Å². The summed E-state index contributed by atoms with van der Waals surface area (Å²) < 4.78 is 45.7. The first-order valence-corrected chi connectivity index (χ1v) is 9.32. The van der Waals surface area contributed by atoms with Gasteiger partial charge in [0.15, 0.2) is 17.9 Å². The van der Waals surface area contributed by atoms with Gasteiger partial charge in [-0.1, -0.05) is 0 Å². The van der Waals surface area contributed by atoms with Crippen molar-refractivity contribution >= 4 is 17.2 Å². The van der Waals surface area contributed by atoms with Crippen molar-refractivity contribution in [2.75, 3.05) is 0 Å². The summed E-state index contributed by atoms with van der Waals surface area (Å²) in [6.07, 6.45) is -0.626. The monoisotopic (exact) mass is 361 g/mol. The van der Waals surface area contributed by atoms with Gasteiger partial charge in [-0.25, -0.2) is 4.21 Å². The van der Waals surface area contributed by atoms with Crippen LogP contribution in [0.5, 0.6) is 0 Å². The fraction of sp³-hybridized carbons (Fsp3) is 0.938. The molecular formula is C16H27NO6S. The highest BCUT2D eigenvalue weighted by Crippen LogP contribution is 2.43. The molecule has 3 heterocycles. The van der Waals surface area contributed by atoms with E-state index in [1.807, 2.05) is 48.5 Å². The molecule has 3 rings (SSSR count). The van der Waals surface area contributed by atoms with E-state index in [2.05, 4.69) is 4.40 Å². The van der Waals surface area contributed by atoms with E-state index in [1.54, 1.807) is 6.21 Å². The van der Waals surface area contributed by atoms with Crippen LogP contribution >= 0.6 is 0 Å². The summed E-state index contributed by atoms with van der Waals surface area (Å²) in [5, 5.41) is 0. The number of ether oxygens (including phenoxy) is 5. The molecule has 0 aliphatic carbocycles. The zero-order valence-electron chi connectivity index (χ0n) is 15.3. The molecule has 0 aromatic rings. The molecule has 0 N–H and O–H groups in total. The zero-order valence-corrected chi connectivity index (χ0v) is 16.1. The minimum Gasteiger partial charge on any atom is -0.342 e. The highest BCUT2D eigenvalue weighted by atomic mass is 32.2. The number of rotatable bonds is 2. The summed E-state index contributed by atoms with van der Waals surface area (Å²) in [6, 6.07) is 0. The molecule has 0 spiro atoms. The van der Waals surface area contributed by atoms with Crippen LogP contribution in [0.1, 0.15) is 48.5 Å². The van der Waals surface area contributed by atoms with Gasteiger partial charge >= 0.3 is 0 Å². The van der Waals surface area contributed by atoms with Crippen molar-refractivity contribution in [1.29, 1.82) is 0 Å². The van der Waals surface area contributed by atoms with Crippen LogP contribution in [0.25, 0.3) is 0 Å². The van der Waals surface area contributed by atoms with Crippen molar-refractivity contribution in [1.82, 2.24) is 0 Å². The Labute approximate surface area is 145 Å². The van der Waals surface area contributed by atoms with Gasteiger partial charge in [0.05, 0.1) is 4.75 Å². The molecule has 0 unspecified atom stereocenters. The maximum atomic E-state index is 12.2. The lowest BCUT2D eigenvalue weighted by atomic mass is 10.00. The predicted octanol–water partition coefficient (Wildman–Crippen LogP) is 1.92. The average molecular weight is 361 g/mol. The van der Waals surface area contributed by atoms with Crippen molar-refractivity contribution in [2.24, 2.45) is 4.40 Å². The van der Waals surface area contributed by atoms with E-state index in [-0.39, 0.29) is 18.3 Å². The zero-order chi connectivity index (χ0) is 17.9. The highest BCUT2D eigenvalue weighted by molar-refractivity contribution is 7.85. The van der Waals surface area contributed by atoms with E-state index in [0.29, 0.717) is 0 Å². The fourth-order valence-electron chi connectivity index (χ4n) is 3.04. The van der Waals surface area contributed by atoms with Crippen molar-refractivity contribution < 1.29 is 27.9 Å². The van der Waals surface area contributed by atoms with Crippen LogP contribution in [0.15, 0.2) is 4.40 Å². The molecule has 3 fully saturated rings. The fourth-order valence-corrected chi connectivity index (χ4v) is 3.58. The molecule has 3 aliphatic rings. The van der Waals surface area contributed by atoms with Gasteiger partial charge in [0, 0.05) is 6.21 Å². The Morgan fingerprint density at radius 3 is 2.08 bits per heavy atom. The Bertz CT molecular complexity index is 555. The van der Waals surface area contributed by atoms with E-state index in [0.717, 1.165) is 0 Å². The van der Waals surface area contributed by atoms with Crippen LogP contribution < -0.4 is 0 Å². The molecule has 24 heavy (non-hydrogen) atoms. The minimum absolute atomic E-state index is 0.333. The van der Waals surface area contributed by atoms with Gasteiger partial charge in [-0.05, 0) is 48.5 Å². The maximum absolute atomic E-state index is 12.2. The highest BCUT2D eigenvalue weighted by Gasteiger charge is 2.60. The molecule has 0 aromatic carbocycles. The topological polar surface area (TPSA) is 75.6 Å². The lowest BCUT2D eigenvalue weighted by Crippen LogP contribution is -2.55. The average Bonchev–Trinajstić information content (AvgIpc) is 2.88. The Hall–Kier alpha value is -0.380. The first-order valence-electron chi connectivity index (χ1n) is 8.21. The summed E-state index contributed by atoms with van der Waals surface area (Å²) in [5.74, 6) is -1.50. The van der Waals surface area contributed by atoms with Gasteiger partial charge in [0.1, 0.15) is 35.4 Å². The third kappa shape index (κ3) is 3.59. The minimum atomic E-state index is -1.37. The van der Waals surface area contributed by atoms with E-state index >= 15 is 0 Å². The first-order chi connectivity index (χ1) is 10.9. The molecule has 0 amide bonds. The molecular weight excluding hydrogens is 334 g/mol. The van der Waals surface area contributed by atoms with Crippen LogP contribution in [-0.4, -0.2) is 57.5 Å². The second-order valence-corrected chi connectivity index (χ2v) is 10.2. The summed E-state index contributed by atoms with van der Waals surface area (Å²) in [6.45, 7) is 13.0. The molecule has 0 radical (unpaired) electrons. The predicted molar refractivity (Wildman–Crippen MR) is 88.9 cm³/mol. The number of fused-ring (bicyclic) bond motifs is 3. The molecule has 0 aromatic heterocycles. The van der Waals surface area contributed by atoms with Crippen molar-refractivity contribution in [3.63, 3.8) is 0 Å². The van der Waals surface area contributed by atoms with Crippen LogP contribution in [0.3, 0.4) is 0 Å². The van der Waals surface area contributed by atoms with Crippen LogP contribution in [0, 0.1) is 0 Å². The number of hydrogen-bond acceptors (Lipinski definition) is 6. The number of nitrogens with zero attached hydrogens (tertiary/aromatic N) is 1. The van der Waals surface area contributed by atoms with Crippen molar-refractivity contribution in [3.05, 3.63) is 0 Å². The van der Waals surface area contributed by atoms with Gasteiger partial charge in [-0.3, -0.25) is 0 Å². The third-order valence-corrected chi connectivity index (χ3v) is 5.38. The normalized spacial score (nSPS) is 42.0. The standard InChI is InChI=1S/C16H27NO6S/c1-14(2,3)24(18)17-8-9-10-11(21-15(4,5)20-10)12-13(19-9)23-16(6,7)22-12/h8-13H,1-7H3/b17-8+/t9-,10+,11+,12-,13-,24+/m1/s1. The van der Waals surface area contributed by atoms with Gasteiger partial charge in [-0.2, -0.15) is 4.40 Å². The number of hydrogen-bond donors (Lipinski definition) is 0. The van der Waals surface area contributed by atoms with Crippen molar-refractivity contribution in [2.45, 2.75) is 95.5 Å². The van der Waals surface area contributed by atoms with E-state index in [1.165, 1.54) is 0 Å². The Kier molecular flexibility index (Phi) is 4.47. The van der Waals surface area contributed by atoms with Crippen molar-refractivity contribution in [3.8, 4) is 0 Å². The van der Waals surface area contributed by atoms with Gasteiger partial charge < -0.3 is 23.7 Å². The van der Waals surface area contributed by atoms with Gasteiger partial charge in [0.2, 0.25) is 0 Å². The third-order valence-electron chi connectivity index (χ3n) is 4.02. The molecule has 3 saturated heterocycles. The van der Waals surface area contributed by atoms with Crippen LogP contribution in [0.2, 0.25) is 0 Å². The quantitative estimate of drug-likeness (QED) is 0.700. The van der Waals surface area contributed by atoms with Crippen LogP contribution in [0.4, 0.5) is 0 Å². The Morgan fingerprint density at radius 1 is 0.917 bits per heavy atom. The maximum Gasteiger partial charge on any atom is 0.190 e. The summed E-state index contributed by atoms with van der Waals surface area (Å²) in [5.41, 5.74) is 0. The van der Waals surface area contributed by atoms with Gasteiger partial charge in [0.25, 0.3) is 0 Å². The Morgan fingerprint density at radius 2 is 1.46 bits per heavy atom. The molecule has 138 valence electrons. The summed E-state index contributed by atoms with van der Waals surface area (Å²) >= 11 is 0. The first kappa shape index (κ1) is 18.4. The molecule has 7 nitrogen and oxygen atoms in total. The molecule has 0 bridgehead atoms. The second-order valence-electron chi connectivity index (χ2n) is 8.25. The second kappa shape index (κ2) is 5.82. The largest absolute Gasteiger partial charge is 0.342 e. The molecule has 0 saturated carbocycles. The molecule has 6 atom stereocenters. The van der Waals surface area contributed by atoms with Crippen LogP contribution in [-0.2, 0) is 34.7 Å². The lowest BCUT2D eigenvalue weighted by Gasteiger charge is -2.35. The Balaban J connectivity index is 1.83. The smallest absolute Gasteiger partial charge is 0.190 e. The SMILES string of the molecule is CC1(C)O[C@H]2[C@@H](O1)[C@@H](/C=N/[S@@](=O)C(C)(C)C)O[C@@H]1OC(C)(C)O[C@@H]12. The lowest BCUT2D eigenvalue weighted by molar-refractivity contribution is -0.217. The van der Waals surface area contributed by atoms with E-state index in [9.17, 15) is 4.21 Å². The molecule has 8 heteroatoms. The molecule has 3 aliphatic heterocycles. The van der Waals surface area contributed by atoms with E-state index in [4.69, 9.17) is 23.7 Å². The van der Waals surface area contributed by atoms with E-state index < -0.39 is 39.7 Å².